The van der Waals surface area contributed by atoms with Gasteiger partial charge in [-0.3, -0.25) is 0 Å². The number of fused-ring (bicyclic) bond motifs is 1. The Bertz CT molecular complexity index is 398. The Balaban J connectivity index is 2.34. The third-order valence-electron chi connectivity index (χ3n) is 2.78. The zero-order chi connectivity index (χ0) is 11.5. The zero-order valence-corrected chi connectivity index (χ0v) is 9.66. The summed E-state index contributed by atoms with van der Waals surface area (Å²) in [5, 5.41) is 0. The topological polar surface area (TPSA) is 35.5 Å². The van der Waals surface area contributed by atoms with Crippen LogP contribution in [0.15, 0.2) is 12.1 Å². The molecular formula is C13H16O3. The summed E-state index contributed by atoms with van der Waals surface area (Å²) in [5.74, 6) is 1.68. The molecule has 1 unspecified atom stereocenters. The number of ether oxygens (including phenoxy) is 2. The lowest BCUT2D eigenvalue weighted by Crippen LogP contribution is -2.11. The second-order valence-corrected chi connectivity index (χ2v) is 3.89. The van der Waals surface area contributed by atoms with Crippen molar-refractivity contribution < 1.29 is 14.3 Å². The lowest BCUT2D eigenvalue weighted by Gasteiger charge is -2.09. The van der Waals surface area contributed by atoms with Crippen molar-refractivity contribution in [2.45, 2.75) is 39.4 Å². The summed E-state index contributed by atoms with van der Waals surface area (Å²) in [4.78, 5) is 10.4. The molecule has 3 nitrogen and oxygen atoms in total. The average molecular weight is 220 g/mol. The molecule has 0 aliphatic carbocycles. The third kappa shape index (κ3) is 1.90. The van der Waals surface area contributed by atoms with E-state index in [4.69, 9.17) is 9.47 Å². The Morgan fingerprint density at radius 3 is 2.88 bits per heavy atom. The van der Waals surface area contributed by atoms with Crippen LogP contribution in [-0.4, -0.2) is 12.6 Å². The molecule has 0 spiro atoms. The maximum Gasteiger partial charge on any atom is 0.238 e. The minimum absolute atomic E-state index is 0.207. The second-order valence-electron chi connectivity index (χ2n) is 3.89. The number of aldehydes is 1. The second kappa shape index (κ2) is 4.56. The molecule has 2 rings (SSSR count). The molecule has 0 amide bonds. The van der Waals surface area contributed by atoms with E-state index in [2.05, 4.69) is 6.92 Å². The molecule has 1 aromatic rings. The number of carbonyl (C=O) groups excluding carboxylic acids is 1. The Morgan fingerprint density at radius 1 is 1.38 bits per heavy atom. The van der Waals surface area contributed by atoms with Gasteiger partial charge in [0, 0.05) is 18.9 Å². The first-order valence-corrected chi connectivity index (χ1v) is 5.68. The zero-order valence-electron chi connectivity index (χ0n) is 9.66. The van der Waals surface area contributed by atoms with Crippen molar-refractivity contribution in [3.63, 3.8) is 0 Å². The van der Waals surface area contributed by atoms with Crippen LogP contribution in [0.25, 0.3) is 0 Å². The molecule has 0 bridgehead atoms. The minimum atomic E-state index is -0.207. The van der Waals surface area contributed by atoms with Crippen LogP contribution in [0.1, 0.15) is 31.4 Å². The van der Waals surface area contributed by atoms with Crippen LogP contribution in [0, 0.1) is 0 Å². The molecular weight excluding hydrogens is 204 g/mol. The van der Waals surface area contributed by atoms with Gasteiger partial charge in [0.25, 0.3) is 0 Å². The summed E-state index contributed by atoms with van der Waals surface area (Å²) in [6.45, 7) is 3.97. The van der Waals surface area contributed by atoms with Gasteiger partial charge >= 0.3 is 0 Å². The number of carbonyl (C=O) groups is 1. The summed E-state index contributed by atoms with van der Waals surface area (Å²) in [5.41, 5.74) is 2.36. The highest BCUT2D eigenvalue weighted by Gasteiger charge is 2.24. The van der Waals surface area contributed by atoms with Gasteiger partial charge in [-0.25, -0.2) is 0 Å². The maximum absolute atomic E-state index is 10.4. The number of hydrogen-bond acceptors (Lipinski definition) is 3. The van der Waals surface area contributed by atoms with Gasteiger partial charge in [-0.2, -0.15) is 0 Å². The quantitative estimate of drug-likeness (QED) is 0.731. The highest BCUT2D eigenvalue weighted by molar-refractivity contribution is 5.55. The molecule has 1 aliphatic rings. The van der Waals surface area contributed by atoms with E-state index in [1.165, 1.54) is 11.1 Å². The third-order valence-corrected chi connectivity index (χ3v) is 2.78. The molecule has 0 aromatic heterocycles. The van der Waals surface area contributed by atoms with E-state index < -0.39 is 0 Å². The van der Waals surface area contributed by atoms with Gasteiger partial charge in [0.2, 0.25) is 6.29 Å². The molecule has 86 valence electrons. The highest BCUT2D eigenvalue weighted by atomic mass is 16.7. The van der Waals surface area contributed by atoms with Crippen LogP contribution >= 0.6 is 0 Å². The smallest absolute Gasteiger partial charge is 0.238 e. The van der Waals surface area contributed by atoms with Gasteiger partial charge in [0.15, 0.2) is 11.5 Å². The van der Waals surface area contributed by atoms with Crippen LogP contribution in [-0.2, 0) is 17.6 Å². The SMILES string of the molecule is CCc1c(CCC=O)ccc2c1OC(C)O2. The van der Waals surface area contributed by atoms with Crippen molar-refractivity contribution in [3.8, 4) is 11.5 Å². The Labute approximate surface area is 95.4 Å². The van der Waals surface area contributed by atoms with Gasteiger partial charge in [0.1, 0.15) is 6.29 Å². The molecule has 0 saturated heterocycles. The first-order chi connectivity index (χ1) is 7.76. The van der Waals surface area contributed by atoms with Crippen LogP contribution < -0.4 is 9.47 Å². The van der Waals surface area contributed by atoms with Crippen LogP contribution in [0.3, 0.4) is 0 Å². The van der Waals surface area contributed by atoms with Gasteiger partial charge in [-0.1, -0.05) is 13.0 Å². The van der Waals surface area contributed by atoms with Crippen molar-refractivity contribution in [2.24, 2.45) is 0 Å². The molecule has 1 aliphatic heterocycles. The average Bonchev–Trinajstić information content (AvgIpc) is 2.65. The van der Waals surface area contributed by atoms with Crippen LogP contribution in [0.2, 0.25) is 0 Å². The minimum Gasteiger partial charge on any atom is -0.451 e. The monoisotopic (exact) mass is 220 g/mol. The molecule has 0 radical (unpaired) electrons. The largest absolute Gasteiger partial charge is 0.451 e. The predicted octanol–water partition coefficient (Wildman–Crippen LogP) is 2.50. The van der Waals surface area contributed by atoms with Gasteiger partial charge in [-0.15, -0.1) is 0 Å². The highest BCUT2D eigenvalue weighted by Crippen LogP contribution is 2.40. The first-order valence-electron chi connectivity index (χ1n) is 5.68. The predicted molar refractivity (Wildman–Crippen MR) is 60.9 cm³/mol. The fourth-order valence-corrected chi connectivity index (χ4v) is 2.07. The molecule has 3 heteroatoms. The summed E-state index contributed by atoms with van der Waals surface area (Å²) >= 11 is 0. The summed E-state index contributed by atoms with van der Waals surface area (Å²) in [6.07, 6.45) is 2.97. The van der Waals surface area contributed by atoms with Crippen molar-refractivity contribution in [3.05, 3.63) is 23.3 Å². The Kier molecular flexibility index (Phi) is 3.13. The maximum atomic E-state index is 10.4. The number of aryl methyl sites for hydroxylation is 1. The number of rotatable bonds is 4. The van der Waals surface area contributed by atoms with Crippen LogP contribution in [0.4, 0.5) is 0 Å². The van der Waals surface area contributed by atoms with Gasteiger partial charge in [-0.05, 0) is 24.5 Å². The fourth-order valence-electron chi connectivity index (χ4n) is 2.07. The van der Waals surface area contributed by atoms with Crippen LogP contribution in [0.5, 0.6) is 11.5 Å². The summed E-state index contributed by atoms with van der Waals surface area (Å²) < 4.78 is 11.2. The molecule has 1 atom stereocenters. The van der Waals surface area contributed by atoms with Crippen molar-refractivity contribution in [2.75, 3.05) is 0 Å². The standard InChI is InChI=1S/C13H16O3/c1-3-11-10(5-4-8-14)6-7-12-13(11)16-9(2)15-12/h6-9H,3-5H2,1-2H3. The molecule has 16 heavy (non-hydrogen) atoms. The molecule has 0 N–H and O–H groups in total. The molecule has 1 aromatic carbocycles. The summed E-state index contributed by atoms with van der Waals surface area (Å²) in [7, 11) is 0. The van der Waals surface area contributed by atoms with E-state index in [9.17, 15) is 4.79 Å². The van der Waals surface area contributed by atoms with E-state index in [-0.39, 0.29) is 6.29 Å². The molecule has 1 heterocycles. The molecule has 0 fully saturated rings. The number of benzene rings is 1. The van der Waals surface area contributed by atoms with Crippen molar-refractivity contribution >= 4 is 6.29 Å². The van der Waals surface area contributed by atoms with Gasteiger partial charge < -0.3 is 14.3 Å². The van der Waals surface area contributed by atoms with E-state index in [1.54, 1.807) is 0 Å². The normalized spacial score (nSPS) is 17.5. The number of hydrogen-bond donors (Lipinski definition) is 0. The van der Waals surface area contributed by atoms with E-state index in [0.29, 0.717) is 6.42 Å². The van der Waals surface area contributed by atoms with Gasteiger partial charge in [0.05, 0.1) is 0 Å². The lowest BCUT2D eigenvalue weighted by molar-refractivity contribution is -0.107. The van der Waals surface area contributed by atoms with E-state index in [0.717, 1.165) is 30.6 Å². The van der Waals surface area contributed by atoms with E-state index in [1.807, 2.05) is 19.1 Å². The van der Waals surface area contributed by atoms with Crippen molar-refractivity contribution in [1.82, 2.24) is 0 Å². The Morgan fingerprint density at radius 2 is 2.19 bits per heavy atom. The molecule has 0 saturated carbocycles. The van der Waals surface area contributed by atoms with E-state index >= 15 is 0 Å². The lowest BCUT2D eigenvalue weighted by atomic mass is 10.00. The van der Waals surface area contributed by atoms with Crippen molar-refractivity contribution in [1.29, 1.82) is 0 Å². The summed E-state index contributed by atoms with van der Waals surface area (Å²) in [6, 6.07) is 3.96. The first kappa shape index (κ1) is 11.0. The Hall–Kier alpha value is -1.51. The fraction of sp³-hybridized carbons (Fsp3) is 0.462.